The largest absolute Gasteiger partial charge is 0.398 e. The number of hydrogen-bond donors (Lipinski definition) is 2. The van der Waals surface area contributed by atoms with Crippen molar-refractivity contribution >= 4 is 29.1 Å². The normalized spacial score (nSPS) is 16.0. The summed E-state index contributed by atoms with van der Waals surface area (Å²) in [6.45, 7) is 1.16. The van der Waals surface area contributed by atoms with Crippen molar-refractivity contribution in [2.24, 2.45) is 5.92 Å². The number of hydrogen-bond acceptors (Lipinski definition) is 3. The van der Waals surface area contributed by atoms with Gasteiger partial charge in [-0.3, -0.25) is 9.59 Å². The van der Waals surface area contributed by atoms with Crippen LogP contribution >= 0.6 is 11.6 Å². The first-order valence-corrected chi connectivity index (χ1v) is 6.96. The van der Waals surface area contributed by atoms with Crippen molar-refractivity contribution in [1.29, 1.82) is 0 Å². The summed E-state index contributed by atoms with van der Waals surface area (Å²) in [5.74, 6) is -0.0195. The number of likely N-dealkylation sites (tertiary alicyclic amines) is 1. The van der Waals surface area contributed by atoms with Crippen molar-refractivity contribution in [2.75, 3.05) is 25.9 Å². The molecule has 1 aromatic carbocycles. The van der Waals surface area contributed by atoms with Crippen LogP contribution in [0.5, 0.6) is 0 Å². The second-order valence-corrected chi connectivity index (χ2v) is 5.32. The van der Waals surface area contributed by atoms with Gasteiger partial charge in [0.25, 0.3) is 5.91 Å². The van der Waals surface area contributed by atoms with Gasteiger partial charge in [-0.1, -0.05) is 11.6 Å². The minimum absolute atomic E-state index is 0.000874. The molecule has 1 fully saturated rings. The summed E-state index contributed by atoms with van der Waals surface area (Å²) in [6, 6.07) is 4.89. The smallest absolute Gasteiger partial charge is 0.253 e. The fraction of sp³-hybridized carbons (Fsp3) is 0.429. The first-order valence-electron chi connectivity index (χ1n) is 6.59. The topological polar surface area (TPSA) is 75.4 Å². The predicted molar refractivity (Wildman–Crippen MR) is 78.6 cm³/mol. The van der Waals surface area contributed by atoms with Crippen LogP contribution < -0.4 is 11.1 Å². The Morgan fingerprint density at radius 3 is 2.55 bits per heavy atom. The molecule has 6 heteroatoms. The molecule has 2 amide bonds. The molecule has 5 nitrogen and oxygen atoms in total. The van der Waals surface area contributed by atoms with E-state index >= 15 is 0 Å². The summed E-state index contributed by atoms with van der Waals surface area (Å²) in [4.78, 5) is 25.6. The summed E-state index contributed by atoms with van der Waals surface area (Å²) < 4.78 is 0. The van der Waals surface area contributed by atoms with Crippen molar-refractivity contribution in [3.8, 4) is 0 Å². The minimum Gasteiger partial charge on any atom is -0.398 e. The van der Waals surface area contributed by atoms with E-state index in [1.807, 2.05) is 0 Å². The molecule has 0 unspecified atom stereocenters. The SMILES string of the molecule is CNC(=O)C1CCN(C(=O)c2ccc(N)c(Cl)c2)CC1. The van der Waals surface area contributed by atoms with Gasteiger partial charge in [0, 0.05) is 31.6 Å². The van der Waals surface area contributed by atoms with Crippen LogP contribution in [0.2, 0.25) is 5.02 Å². The average molecular weight is 296 g/mol. The molecule has 20 heavy (non-hydrogen) atoms. The Hall–Kier alpha value is -1.75. The number of benzene rings is 1. The van der Waals surface area contributed by atoms with Gasteiger partial charge in [0.1, 0.15) is 0 Å². The van der Waals surface area contributed by atoms with Crippen LogP contribution in [0.3, 0.4) is 0 Å². The third-order valence-corrected chi connectivity index (χ3v) is 3.97. The Balaban J connectivity index is 2.01. The molecule has 1 saturated heterocycles. The van der Waals surface area contributed by atoms with Gasteiger partial charge in [-0.05, 0) is 31.0 Å². The summed E-state index contributed by atoms with van der Waals surface area (Å²) in [5.41, 5.74) is 6.62. The monoisotopic (exact) mass is 295 g/mol. The van der Waals surface area contributed by atoms with E-state index in [0.717, 1.165) is 0 Å². The molecule has 1 aliphatic heterocycles. The first-order chi connectivity index (χ1) is 9.52. The van der Waals surface area contributed by atoms with E-state index in [1.165, 1.54) is 0 Å². The van der Waals surface area contributed by atoms with E-state index in [4.69, 9.17) is 17.3 Å². The second kappa shape index (κ2) is 6.13. The Morgan fingerprint density at radius 1 is 1.35 bits per heavy atom. The molecule has 0 spiro atoms. The molecule has 1 heterocycles. The van der Waals surface area contributed by atoms with E-state index in [2.05, 4.69) is 5.32 Å². The highest BCUT2D eigenvalue weighted by molar-refractivity contribution is 6.33. The number of carbonyl (C=O) groups excluding carboxylic acids is 2. The number of halogens is 1. The zero-order chi connectivity index (χ0) is 14.7. The summed E-state index contributed by atoms with van der Waals surface area (Å²) in [7, 11) is 1.64. The van der Waals surface area contributed by atoms with Gasteiger partial charge in [-0.15, -0.1) is 0 Å². The van der Waals surface area contributed by atoms with Crippen molar-refractivity contribution in [3.63, 3.8) is 0 Å². The predicted octanol–water partition coefficient (Wildman–Crippen LogP) is 1.52. The molecule has 0 aromatic heterocycles. The molecule has 2 rings (SSSR count). The van der Waals surface area contributed by atoms with Crippen molar-refractivity contribution in [2.45, 2.75) is 12.8 Å². The van der Waals surface area contributed by atoms with Gasteiger partial charge >= 0.3 is 0 Å². The number of nitrogens with zero attached hydrogens (tertiary/aromatic N) is 1. The molecule has 0 saturated carbocycles. The molecule has 0 bridgehead atoms. The highest BCUT2D eigenvalue weighted by Gasteiger charge is 2.27. The lowest BCUT2D eigenvalue weighted by Crippen LogP contribution is -2.42. The summed E-state index contributed by atoms with van der Waals surface area (Å²) in [5, 5.41) is 3.04. The Morgan fingerprint density at radius 2 is 2.00 bits per heavy atom. The summed E-state index contributed by atoms with van der Waals surface area (Å²) in [6.07, 6.45) is 1.38. The lowest BCUT2D eigenvalue weighted by atomic mass is 9.95. The number of nitrogens with two attached hydrogens (primary N) is 1. The standard InChI is InChI=1S/C14H18ClN3O2/c1-17-13(19)9-4-6-18(7-5-9)14(20)10-2-3-12(16)11(15)8-10/h2-3,8-9H,4-7,16H2,1H3,(H,17,19). The van der Waals surface area contributed by atoms with Crippen LogP contribution in [-0.2, 0) is 4.79 Å². The second-order valence-electron chi connectivity index (χ2n) is 4.92. The van der Waals surface area contributed by atoms with Gasteiger partial charge in [0.05, 0.1) is 10.7 Å². The molecule has 0 atom stereocenters. The Bertz CT molecular complexity index is 525. The van der Waals surface area contributed by atoms with Crippen molar-refractivity contribution < 1.29 is 9.59 Å². The maximum absolute atomic E-state index is 12.3. The Kier molecular flexibility index (Phi) is 4.49. The quantitative estimate of drug-likeness (QED) is 0.812. The first kappa shape index (κ1) is 14.7. The number of amides is 2. The van der Waals surface area contributed by atoms with Crippen LogP contribution in [0.1, 0.15) is 23.2 Å². The van der Waals surface area contributed by atoms with E-state index in [1.54, 1.807) is 30.1 Å². The van der Waals surface area contributed by atoms with Crippen LogP contribution in [0, 0.1) is 5.92 Å². The molecule has 108 valence electrons. The molecular weight excluding hydrogens is 278 g/mol. The maximum atomic E-state index is 12.3. The van der Waals surface area contributed by atoms with E-state index in [9.17, 15) is 9.59 Å². The van der Waals surface area contributed by atoms with Crippen molar-refractivity contribution in [1.82, 2.24) is 10.2 Å². The number of rotatable bonds is 2. The van der Waals surface area contributed by atoms with E-state index in [0.29, 0.717) is 42.2 Å². The molecular formula is C14H18ClN3O2. The number of nitrogens with one attached hydrogen (secondary N) is 1. The number of nitrogen functional groups attached to an aromatic ring is 1. The third kappa shape index (κ3) is 3.04. The number of piperidine rings is 1. The summed E-state index contributed by atoms with van der Waals surface area (Å²) >= 11 is 5.93. The molecule has 0 aliphatic carbocycles. The van der Waals surface area contributed by atoms with E-state index in [-0.39, 0.29) is 17.7 Å². The average Bonchev–Trinajstić information content (AvgIpc) is 2.48. The van der Waals surface area contributed by atoms with Crippen LogP contribution in [0.15, 0.2) is 18.2 Å². The number of anilines is 1. The van der Waals surface area contributed by atoms with Gasteiger partial charge in [-0.25, -0.2) is 0 Å². The Labute approximate surface area is 123 Å². The maximum Gasteiger partial charge on any atom is 0.253 e. The lowest BCUT2D eigenvalue weighted by Gasteiger charge is -2.31. The van der Waals surface area contributed by atoms with Gasteiger partial charge < -0.3 is 16.0 Å². The lowest BCUT2D eigenvalue weighted by molar-refractivity contribution is -0.125. The fourth-order valence-electron chi connectivity index (χ4n) is 2.39. The van der Waals surface area contributed by atoms with Crippen molar-refractivity contribution in [3.05, 3.63) is 28.8 Å². The van der Waals surface area contributed by atoms with Gasteiger partial charge in [0.2, 0.25) is 5.91 Å². The minimum atomic E-state index is -0.0674. The zero-order valence-corrected chi connectivity index (χ0v) is 12.1. The highest BCUT2D eigenvalue weighted by Crippen LogP contribution is 2.23. The third-order valence-electron chi connectivity index (χ3n) is 3.65. The van der Waals surface area contributed by atoms with Gasteiger partial charge in [0.15, 0.2) is 0 Å². The van der Waals surface area contributed by atoms with Crippen LogP contribution in [0.4, 0.5) is 5.69 Å². The fourth-order valence-corrected chi connectivity index (χ4v) is 2.57. The van der Waals surface area contributed by atoms with E-state index < -0.39 is 0 Å². The molecule has 1 aliphatic rings. The molecule has 3 N–H and O–H groups in total. The molecule has 1 aromatic rings. The number of carbonyl (C=O) groups is 2. The van der Waals surface area contributed by atoms with Gasteiger partial charge in [-0.2, -0.15) is 0 Å². The molecule has 0 radical (unpaired) electrons. The zero-order valence-electron chi connectivity index (χ0n) is 11.4. The highest BCUT2D eigenvalue weighted by atomic mass is 35.5. The van der Waals surface area contributed by atoms with Crippen LogP contribution in [0.25, 0.3) is 0 Å². The van der Waals surface area contributed by atoms with Crippen LogP contribution in [-0.4, -0.2) is 36.9 Å².